The number of hydrogen-bond acceptors (Lipinski definition) is 3. The van der Waals surface area contributed by atoms with Gasteiger partial charge in [0, 0.05) is 17.6 Å². The Morgan fingerprint density at radius 3 is 2.47 bits per heavy atom. The largest absolute Gasteiger partial charge is 0.497 e. The summed E-state index contributed by atoms with van der Waals surface area (Å²) in [6.07, 6.45) is 0. The fourth-order valence-electron chi connectivity index (χ4n) is 3.94. The zero-order valence-electron chi connectivity index (χ0n) is 19.7. The molecular weight excluding hydrogens is 442 g/mol. The zero-order chi connectivity index (χ0) is 24.1. The summed E-state index contributed by atoms with van der Waals surface area (Å²) < 4.78 is 5.29. The molecule has 1 aromatic heterocycles. The lowest BCUT2D eigenvalue weighted by Gasteiger charge is -2.28. The predicted molar refractivity (Wildman–Crippen MR) is 142 cm³/mol. The Hall–Kier alpha value is -3.64. The van der Waals surface area contributed by atoms with E-state index in [-0.39, 0.29) is 11.6 Å². The van der Waals surface area contributed by atoms with Gasteiger partial charge in [0.15, 0.2) is 5.11 Å². The highest BCUT2D eigenvalue weighted by molar-refractivity contribution is 7.80. The highest BCUT2D eigenvalue weighted by atomic mass is 32.1. The molecule has 4 rings (SSSR count). The van der Waals surface area contributed by atoms with Crippen LogP contribution in [0.1, 0.15) is 35.2 Å². The Morgan fingerprint density at radius 2 is 1.76 bits per heavy atom. The van der Waals surface area contributed by atoms with E-state index < -0.39 is 0 Å². The van der Waals surface area contributed by atoms with Crippen LogP contribution in [0, 0.1) is 6.92 Å². The second-order valence-corrected chi connectivity index (χ2v) is 8.89. The van der Waals surface area contributed by atoms with Crippen molar-refractivity contribution in [3.63, 3.8) is 0 Å². The Bertz CT molecular complexity index is 1330. The summed E-state index contributed by atoms with van der Waals surface area (Å²) in [5.41, 5.74) is 4.74. The van der Waals surface area contributed by atoms with E-state index in [2.05, 4.69) is 29.4 Å². The van der Waals surface area contributed by atoms with Gasteiger partial charge in [-0.15, -0.1) is 0 Å². The number of aryl methyl sites for hydroxylation is 1. The maximum absolute atomic E-state index is 12.9. The molecule has 0 bridgehead atoms. The second-order valence-electron chi connectivity index (χ2n) is 8.50. The average molecular weight is 472 g/mol. The van der Waals surface area contributed by atoms with Crippen LogP contribution in [0.4, 0.5) is 0 Å². The van der Waals surface area contributed by atoms with Crippen LogP contribution in [-0.2, 0) is 13.1 Å². The molecule has 0 spiro atoms. The van der Waals surface area contributed by atoms with Crippen molar-refractivity contribution in [3.8, 4) is 5.75 Å². The first-order chi connectivity index (χ1) is 16.4. The quantitative estimate of drug-likeness (QED) is 0.350. The minimum atomic E-state index is -0.100. The molecule has 0 saturated carbocycles. The number of H-pyrrole nitrogens is 1. The average Bonchev–Trinajstić information content (AvgIpc) is 2.85. The molecule has 0 radical (unpaired) electrons. The van der Waals surface area contributed by atoms with Crippen LogP contribution >= 0.6 is 12.2 Å². The fraction of sp³-hybridized carbons (Fsp3) is 0.214. The van der Waals surface area contributed by atoms with Crippen molar-refractivity contribution in [3.05, 3.63) is 111 Å². The molecule has 0 aliphatic rings. The van der Waals surface area contributed by atoms with Crippen molar-refractivity contribution in [2.75, 3.05) is 7.11 Å². The predicted octanol–water partition coefficient (Wildman–Crippen LogP) is 5.48. The molecule has 0 aliphatic carbocycles. The highest BCUT2D eigenvalue weighted by Crippen LogP contribution is 2.18. The van der Waals surface area contributed by atoms with Crippen LogP contribution in [0.15, 0.2) is 83.7 Å². The number of rotatable bonds is 7. The number of nitrogens with one attached hydrogen (secondary N) is 2. The van der Waals surface area contributed by atoms with Crippen molar-refractivity contribution in [1.29, 1.82) is 0 Å². The number of thiocarbonyl (C=S) groups is 1. The smallest absolute Gasteiger partial charge is 0.253 e. The summed E-state index contributed by atoms with van der Waals surface area (Å²) >= 11 is 5.83. The summed E-state index contributed by atoms with van der Waals surface area (Å²) in [6.45, 7) is 5.04. The number of nitrogens with zero attached hydrogens (tertiary/aromatic N) is 1. The van der Waals surface area contributed by atoms with Crippen LogP contribution in [0.25, 0.3) is 10.9 Å². The van der Waals surface area contributed by atoms with Crippen molar-refractivity contribution in [1.82, 2.24) is 15.2 Å². The number of aromatic amines is 1. The van der Waals surface area contributed by atoms with Gasteiger partial charge in [-0.2, -0.15) is 0 Å². The standard InChI is InChI=1S/C28H29N3O2S/c1-19-9-12-23-16-24(27(32)30-26(23)15-19)18-31(17-21-10-13-25(33-3)14-11-21)28(34)29-20(2)22-7-5-4-6-8-22/h4-16,20H,17-18H2,1-3H3,(H,29,34)(H,30,32)/t20-/m1/s1. The third kappa shape index (κ3) is 5.64. The summed E-state index contributed by atoms with van der Waals surface area (Å²) in [4.78, 5) is 18.0. The molecule has 4 aromatic rings. The van der Waals surface area contributed by atoms with Gasteiger partial charge in [0.1, 0.15) is 5.75 Å². The molecule has 0 amide bonds. The third-order valence-electron chi connectivity index (χ3n) is 5.90. The zero-order valence-corrected chi connectivity index (χ0v) is 20.5. The van der Waals surface area contributed by atoms with Crippen molar-refractivity contribution < 1.29 is 4.74 Å². The molecule has 0 saturated heterocycles. The molecule has 174 valence electrons. The van der Waals surface area contributed by atoms with E-state index in [0.29, 0.717) is 23.8 Å². The van der Waals surface area contributed by atoms with Gasteiger partial charge in [-0.3, -0.25) is 4.79 Å². The maximum atomic E-state index is 12.9. The summed E-state index contributed by atoms with van der Waals surface area (Å²) in [6, 6.07) is 26.1. The number of ether oxygens (including phenoxy) is 1. The van der Waals surface area contributed by atoms with Crippen LogP contribution in [-0.4, -0.2) is 22.1 Å². The van der Waals surface area contributed by atoms with Gasteiger partial charge in [-0.1, -0.05) is 54.6 Å². The molecule has 5 nitrogen and oxygen atoms in total. The number of hydrogen-bond donors (Lipinski definition) is 2. The van der Waals surface area contributed by atoms with E-state index in [0.717, 1.165) is 33.3 Å². The van der Waals surface area contributed by atoms with Gasteiger partial charge in [0.25, 0.3) is 5.56 Å². The van der Waals surface area contributed by atoms with E-state index in [1.54, 1.807) is 7.11 Å². The van der Waals surface area contributed by atoms with Crippen LogP contribution in [0.5, 0.6) is 5.75 Å². The van der Waals surface area contributed by atoms with Crippen LogP contribution in [0.2, 0.25) is 0 Å². The Kier molecular flexibility index (Phi) is 7.28. The molecule has 6 heteroatoms. The molecule has 3 aromatic carbocycles. The topological polar surface area (TPSA) is 57.4 Å². The summed E-state index contributed by atoms with van der Waals surface area (Å²) in [5.74, 6) is 0.801. The number of methoxy groups -OCH3 is 1. The minimum Gasteiger partial charge on any atom is -0.497 e. The van der Waals surface area contributed by atoms with Gasteiger partial charge in [-0.05, 0) is 72.4 Å². The molecule has 1 atom stereocenters. The van der Waals surface area contributed by atoms with E-state index in [1.807, 2.05) is 78.6 Å². The van der Waals surface area contributed by atoms with Crippen molar-refractivity contribution >= 4 is 28.2 Å². The number of aromatic nitrogens is 1. The van der Waals surface area contributed by atoms with Gasteiger partial charge in [0.2, 0.25) is 0 Å². The van der Waals surface area contributed by atoms with E-state index in [1.165, 1.54) is 0 Å². The minimum absolute atomic E-state index is 0.0323. The molecule has 0 fully saturated rings. The molecule has 0 unspecified atom stereocenters. The van der Waals surface area contributed by atoms with Gasteiger partial charge in [0.05, 0.1) is 19.7 Å². The van der Waals surface area contributed by atoms with E-state index in [9.17, 15) is 4.79 Å². The first kappa shape index (κ1) is 23.5. The lowest BCUT2D eigenvalue weighted by molar-refractivity contribution is 0.390. The SMILES string of the molecule is COc1ccc(CN(Cc2cc3ccc(C)cc3[nH]c2=O)C(=S)N[C@H](C)c2ccccc2)cc1. The first-order valence-electron chi connectivity index (χ1n) is 11.3. The lowest BCUT2D eigenvalue weighted by atomic mass is 10.1. The maximum Gasteiger partial charge on any atom is 0.253 e. The normalized spacial score (nSPS) is 11.7. The van der Waals surface area contributed by atoms with Gasteiger partial charge < -0.3 is 19.9 Å². The Balaban J connectivity index is 1.61. The van der Waals surface area contributed by atoms with E-state index >= 15 is 0 Å². The summed E-state index contributed by atoms with van der Waals surface area (Å²) in [5, 5.41) is 5.04. The van der Waals surface area contributed by atoms with Crippen molar-refractivity contribution in [2.45, 2.75) is 33.0 Å². The third-order valence-corrected chi connectivity index (χ3v) is 6.27. The van der Waals surface area contributed by atoms with E-state index in [4.69, 9.17) is 17.0 Å². The lowest BCUT2D eigenvalue weighted by Crippen LogP contribution is -2.41. The van der Waals surface area contributed by atoms with Crippen LogP contribution in [0.3, 0.4) is 0 Å². The first-order valence-corrected chi connectivity index (χ1v) is 11.7. The molecule has 0 aliphatic heterocycles. The van der Waals surface area contributed by atoms with Gasteiger partial charge in [-0.25, -0.2) is 0 Å². The molecule has 34 heavy (non-hydrogen) atoms. The van der Waals surface area contributed by atoms with Gasteiger partial charge >= 0.3 is 0 Å². The molecular formula is C28H29N3O2S. The summed E-state index contributed by atoms with van der Waals surface area (Å²) in [7, 11) is 1.65. The number of fused-ring (bicyclic) bond motifs is 1. The van der Waals surface area contributed by atoms with Crippen LogP contribution < -0.4 is 15.6 Å². The highest BCUT2D eigenvalue weighted by Gasteiger charge is 2.17. The number of benzene rings is 3. The van der Waals surface area contributed by atoms with Crippen molar-refractivity contribution in [2.24, 2.45) is 0 Å². The monoisotopic (exact) mass is 471 g/mol. The Morgan fingerprint density at radius 1 is 1.03 bits per heavy atom. The number of pyridine rings is 1. The Labute approximate surface area is 205 Å². The molecule has 1 heterocycles. The second kappa shape index (κ2) is 10.5. The molecule has 2 N–H and O–H groups in total. The fourth-order valence-corrected chi connectivity index (χ4v) is 4.24.